The van der Waals surface area contributed by atoms with Crippen LogP contribution in [0.4, 0.5) is 0 Å². The number of hydrogen-bond donors (Lipinski definition) is 0. The van der Waals surface area contributed by atoms with Gasteiger partial charge in [-0.05, 0) is 29.2 Å². The number of ether oxygens (including phenoxy) is 1. The standard InChI is InChI=1S/C19H18N4O2/c1-11(2)17-15-5-4-12(8-14(15)10-21-17)18-22-19(25-23-18)13-6-7-20-16(9-13)24-3/h4-11,17H,1-3H3. The first-order valence-electron chi connectivity index (χ1n) is 8.17. The minimum absolute atomic E-state index is 0.231. The van der Waals surface area contributed by atoms with Crippen LogP contribution in [-0.4, -0.2) is 28.4 Å². The van der Waals surface area contributed by atoms with Gasteiger partial charge in [-0.3, -0.25) is 4.99 Å². The zero-order chi connectivity index (χ0) is 17.4. The number of methoxy groups -OCH3 is 1. The van der Waals surface area contributed by atoms with Crippen molar-refractivity contribution in [1.82, 2.24) is 15.1 Å². The summed E-state index contributed by atoms with van der Waals surface area (Å²) in [6, 6.07) is 9.98. The highest BCUT2D eigenvalue weighted by atomic mass is 16.5. The Balaban J connectivity index is 1.66. The highest BCUT2D eigenvalue weighted by Gasteiger charge is 2.22. The van der Waals surface area contributed by atoms with Gasteiger partial charge in [0.25, 0.3) is 5.89 Å². The molecule has 6 heteroatoms. The summed E-state index contributed by atoms with van der Waals surface area (Å²) in [5.41, 5.74) is 4.05. The minimum atomic E-state index is 0.231. The maximum Gasteiger partial charge on any atom is 0.258 e. The molecule has 0 N–H and O–H groups in total. The van der Waals surface area contributed by atoms with Gasteiger partial charge in [0, 0.05) is 29.6 Å². The van der Waals surface area contributed by atoms with Crippen LogP contribution >= 0.6 is 0 Å². The second-order valence-electron chi connectivity index (χ2n) is 6.32. The number of nitrogens with zero attached hydrogens (tertiary/aromatic N) is 4. The average Bonchev–Trinajstić information content (AvgIpc) is 3.28. The third-order valence-corrected chi connectivity index (χ3v) is 4.29. The van der Waals surface area contributed by atoms with Gasteiger partial charge in [-0.25, -0.2) is 4.98 Å². The molecule has 4 rings (SSSR count). The van der Waals surface area contributed by atoms with Crippen LogP contribution in [0.1, 0.15) is 31.0 Å². The minimum Gasteiger partial charge on any atom is -0.481 e. The van der Waals surface area contributed by atoms with Crippen LogP contribution in [0.2, 0.25) is 0 Å². The summed E-state index contributed by atoms with van der Waals surface area (Å²) in [6.45, 7) is 4.36. The molecule has 3 aromatic rings. The molecular weight excluding hydrogens is 316 g/mol. The van der Waals surface area contributed by atoms with Crippen molar-refractivity contribution in [3.05, 3.63) is 47.7 Å². The van der Waals surface area contributed by atoms with Crippen LogP contribution in [0, 0.1) is 5.92 Å². The molecule has 1 aromatic carbocycles. The molecule has 1 aliphatic rings. The Labute approximate surface area is 145 Å². The summed E-state index contributed by atoms with van der Waals surface area (Å²) in [7, 11) is 1.57. The highest BCUT2D eigenvalue weighted by Crippen LogP contribution is 2.34. The van der Waals surface area contributed by atoms with E-state index in [1.54, 1.807) is 19.4 Å². The number of benzene rings is 1. The van der Waals surface area contributed by atoms with Crippen LogP contribution < -0.4 is 4.74 Å². The molecule has 25 heavy (non-hydrogen) atoms. The van der Waals surface area contributed by atoms with Crippen LogP contribution in [0.5, 0.6) is 5.88 Å². The van der Waals surface area contributed by atoms with Crippen molar-refractivity contribution in [2.45, 2.75) is 19.9 Å². The van der Waals surface area contributed by atoms with E-state index in [2.05, 4.69) is 46.1 Å². The van der Waals surface area contributed by atoms with E-state index in [4.69, 9.17) is 9.26 Å². The largest absolute Gasteiger partial charge is 0.481 e. The van der Waals surface area contributed by atoms with E-state index in [0.29, 0.717) is 23.5 Å². The van der Waals surface area contributed by atoms with Crippen LogP contribution in [-0.2, 0) is 0 Å². The summed E-state index contributed by atoms with van der Waals surface area (Å²) < 4.78 is 10.5. The third kappa shape index (κ3) is 2.80. The van der Waals surface area contributed by atoms with Crippen molar-refractivity contribution in [3.63, 3.8) is 0 Å². The molecular formula is C19H18N4O2. The monoisotopic (exact) mass is 334 g/mol. The summed E-state index contributed by atoms with van der Waals surface area (Å²) in [5, 5.41) is 4.11. The Morgan fingerprint density at radius 2 is 2.00 bits per heavy atom. The second-order valence-corrected chi connectivity index (χ2v) is 6.32. The van der Waals surface area contributed by atoms with Crippen LogP contribution in [0.3, 0.4) is 0 Å². The molecule has 0 spiro atoms. The Morgan fingerprint density at radius 1 is 1.12 bits per heavy atom. The van der Waals surface area contributed by atoms with Crippen molar-refractivity contribution in [2.24, 2.45) is 10.9 Å². The molecule has 0 saturated heterocycles. The maximum atomic E-state index is 5.41. The molecule has 1 unspecified atom stereocenters. The van der Waals surface area contributed by atoms with Crippen molar-refractivity contribution in [2.75, 3.05) is 7.11 Å². The van der Waals surface area contributed by atoms with E-state index in [0.717, 1.165) is 16.7 Å². The van der Waals surface area contributed by atoms with E-state index in [-0.39, 0.29) is 6.04 Å². The molecule has 0 fully saturated rings. The lowest BCUT2D eigenvalue weighted by molar-refractivity contribution is 0.397. The fraction of sp³-hybridized carbons (Fsp3) is 0.263. The second kappa shape index (κ2) is 6.12. The smallest absolute Gasteiger partial charge is 0.258 e. The number of pyridine rings is 1. The molecule has 0 bridgehead atoms. The SMILES string of the molecule is COc1cc(-c2nc(-c3ccc4c(c3)C=NC4C(C)C)no2)ccn1. The number of rotatable bonds is 4. The highest BCUT2D eigenvalue weighted by molar-refractivity contribution is 5.87. The summed E-state index contributed by atoms with van der Waals surface area (Å²) in [5.74, 6) is 1.97. The molecule has 6 nitrogen and oxygen atoms in total. The molecule has 1 aliphatic heterocycles. The molecule has 0 radical (unpaired) electrons. The molecule has 0 saturated carbocycles. The first-order chi connectivity index (χ1) is 12.2. The zero-order valence-electron chi connectivity index (χ0n) is 14.3. The average molecular weight is 334 g/mol. The third-order valence-electron chi connectivity index (χ3n) is 4.29. The molecule has 0 aliphatic carbocycles. The Kier molecular flexibility index (Phi) is 3.80. The lowest BCUT2D eigenvalue weighted by Crippen LogP contribution is -2.01. The van der Waals surface area contributed by atoms with Gasteiger partial charge in [0.1, 0.15) is 0 Å². The zero-order valence-corrected chi connectivity index (χ0v) is 14.3. The van der Waals surface area contributed by atoms with Crippen molar-refractivity contribution in [1.29, 1.82) is 0 Å². The van der Waals surface area contributed by atoms with Crippen LogP contribution in [0.25, 0.3) is 22.8 Å². The summed E-state index contributed by atoms with van der Waals surface area (Å²) in [6.07, 6.45) is 3.58. The van der Waals surface area contributed by atoms with E-state index in [1.807, 2.05) is 18.3 Å². The Hall–Kier alpha value is -3.02. The Bertz CT molecular complexity index is 946. The van der Waals surface area contributed by atoms with Gasteiger partial charge in [0.15, 0.2) is 0 Å². The normalized spacial score (nSPS) is 15.6. The number of hydrogen-bond acceptors (Lipinski definition) is 6. The fourth-order valence-electron chi connectivity index (χ4n) is 2.98. The van der Waals surface area contributed by atoms with Gasteiger partial charge < -0.3 is 9.26 Å². The van der Waals surface area contributed by atoms with E-state index < -0.39 is 0 Å². The van der Waals surface area contributed by atoms with Crippen molar-refractivity contribution >= 4 is 6.21 Å². The first kappa shape index (κ1) is 15.5. The topological polar surface area (TPSA) is 73.4 Å². The Morgan fingerprint density at radius 3 is 2.80 bits per heavy atom. The molecule has 3 heterocycles. The molecule has 0 amide bonds. The van der Waals surface area contributed by atoms with Crippen LogP contribution in [0.15, 0.2) is 46.0 Å². The predicted octanol–water partition coefficient (Wildman–Crippen LogP) is 3.94. The number of aliphatic imine (C=N–C) groups is 1. The summed E-state index contributed by atoms with van der Waals surface area (Å²) in [4.78, 5) is 13.2. The van der Waals surface area contributed by atoms with Gasteiger partial charge >= 0.3 is 0 Å². The van der Waals surface area contributed by atoms with E-state index in [1.165, 1.54) is 5.56 Å². The number of fused-ring (bicyclic) bond motifs is 1. The quantitative estimate of drug-likeness (QED) is 0.722. The van der Waals surface area contributed by atoms with Gasteiger partial charge in [-0.1, -0.05) is 31.1 Å². The molecule has 126 valence electrons. The van der Waals surface area contributed by atoms with Gasteiger partial charge in [0.2, 0.25) is 11.7 Å². The summed E-state index contributed by atoms with van der Waals surface area (Å²) >= 11 is 0. The first-order valence-corrected chi connectivity index (χ1v) is 8.17. The fourth-order valence-corrected chi connectivity index (χ4v) is 2.98. The van der Waals surface area contributed by atoms with Gasteiger partial charge in [-0.2, -0.15) is 4.98 Å². The lowest BCUT2D eigenvalue weighted by Gasteiger charge is -2.13. The number of aromatic nitrogens is 3. The van der Waals surface area contributed by atoms with Gasteiger partial charge in [0.05, 0.1) is 13.2 Å². The molecule has 1 atom stereocenters. The van der Waals surface area contributed by atoms with Crippen molar-refractivity contribution < 1.29 is 9.26 Å². The molecule has 2 aromatic heterocycles. The maximum absolute atomic E-state index is 5.41. The van der Waals surface area contributed by atoms with E-state index in [9.17, 15) is 0 Å². The van der Waals surface area contributed by atoms with E-state index >= 15 is 0 Å². The lowest BCUT2D eigenvalue weighted by atomic mass is 9.94. The predicted molar refractivity (Wildman–Crippen MR) is 94.7 cm³/mol. The van der Waals surface area contributed by atoms with Gasteiger partial charge in [-0.15, -0.1) is 0 Å². The van der Waals surface area contributed by atoms with Crippen molar-refractivity contribution in [3.8, 4) is 28.7 Å².